The van der Waals surface area contributed by atoms with Gasteiger partial charge in [-0.15, -0.1) is 11.6 Å². The highest BCUT2D eigenvalue weighted by Gasteiger charge is 2.15. The zero-order valence-electron chi connectivity index (χ0n) is 10.2. The molecule has 0 aliphatic rings. The SMILES string of the molecule is CC(NS(=O)(=O)CCCCCl)c1ccc(F)cc1. The van der Waals surface area contributed by atoms with Gasteiger partial charge in [-0.3, -0.25) is 0 Å². The lowest BCUT2D eigenvalue weighted by molar-refractivity contribution is 0.563. The molecule has 1 aromatic rings. The van der Waals surface area contributed by atoms with E-state index in [2.05, 4.69) is 4.72 Å². The summed E-state index contributed by atoms with van der Waals surface area (Å²) < 4.78 is 38.8. The maximum absolute atomic E-state index is 12.7. The molecular weight excluding hydrogens is 277 g/mol. The van der Waals surface area contributed by atoms with Crippen LogP contribution in [0.15, 0.2) is 24.3 Å². The Hall–Kier alpha value is -0.650. The summed E-state index contributed by atoms with van der Waals surface area (Å²) in [6.45, 7) is 1.73. The Morgan fingerprint density at radius 2 is 1.89 bits per heavy atom. The molecule has 0 radical (unpaired) electrons. The quantitative estimate of drug-likeness (QED) is 0.621. The van der Waals surface area contributed by atoms with E-state index in [1.165, 1.54) is 12.1 Å². The van der Waals surface area contributed by atoms with Gasteiger partial charge in [0.2, 0.25) is 10.0 Å². The summed E-state index contributed by atoms with van der Waals surface area (Å²) in [5.74, 6) is 0.185. The normalized spacial score (nSPS) is 13.5. The molecule has 0 saturated heterocycles. The van der Waals surface area contributed by atoms with Gasteiger partial charge in [-0.05, 0) is 37.5 Å². The van der Waals surface area contributed by atoms with Crippen LogP contribution < -0.4 is 4.72 Å². The molecular formula is C12H17ClFNO2S. The Morgan fingerprint density at radius 1 is 1.28 bits per heavy atom. The summed E-state index contributed by atoms with van der Waals surface area (Å²) in [6, 6.07) is 5.40. The third-order valence-electron chi connectivity index (χ3n) is 2.52. The second-order valence-electron chi connectivity index (χ2n) is 4.11. The minimum absolute atomic E-state index is 0.0608. The largest absolute Gasteiger partial charge is 0.212 e. The molecule has 1 atom stereocenters. The lowest BCUT2D eigenvalue weighted by Gasteiger charge is -2.14. The van der Waals surface area contributed by atoms with Crippen molar-refractivity contribution >= 4 is 21.6 Å². The minimum Gasteiger partial charge on any atom is -0.212 e. The molecule has 0 amide bonds. The first kappa shape index (κ1) is 15.4. The van der Waals surface area contributed by atoms with Crippen molar-refractivity contribution in [2.75, 3.05) is 11.6 Å². The lowest BCUT2D eigenvalue weighted by atomic mass is 10.1. The highest BCUT2D eigenvalue weighted by atomic mass is 35.5. The molecule has 0 aliphatic heterocycles. The maximum Gasteiger partial charge on any atom is 0.212 e. The van der Waals surface area contributed by atoms with Crippen LogP contribution in [0, 0.1) is 5.82 Å². The van der Waals surface area contributed by atoms with Crippen molar-refractivity contribution in [2.45, 2.75) is 25.8 Å². The van der Waals surface area contributed by atoms with E-state index in [9.17, 15) is 12.8 Å². The van der Waals surface area contributed by atoms with Crippen molar-refractivity contribution < 1.29 is 12.8 Å². The van der Waals surface area contributed by atoms with Crippen molar-refractivity contribution in [1.29, 1.82) is 0 Å². The molecule has 1 N–H and O–H groups in total. The zero-order valence-corrected chi connectivity index (χ0v) is 11.8. The van der Waals surface area contributed by atoms with Crippen LogP contribution in [0.5, 0.6) is 0 Å². The highest BCUT2D eigenvalue weighted by Crippen LogP contribution is 2.14. The molecule has 1 rings (SSSR count). The smallest absolute Gasteiger partial charge is 0.212 e. The summed E-state index contributed by atoms with van der Waals surface area (Å²) in [5, 5.41) is 0. The Kier molecular flexibility index (Phi) is 6.05. The first-order chi connectivity index (χ1) is 8.44. The first-order valence-electron chi connectivity index (χ1n) is 5.76. The summed E-state index contributed by atoms with van der Waals surface area (Å²) in [5.41, 5.74) is 0.734. The van der Waals surface area contributed by atoms with Crippen molar-refractivity contribution in [3.05, 3.63) is 35.6 Å². The van der Waals surface area contributed by atoms with E-state index >= 15 is 0 Å². The Balaban J connectivity index is 2.58. The molecule has 6 heteroatoms. The molecule has 0 fully saturated rings. The number of unbranched alkanes of at least 4 members (excludes halogenated alkanes) is 1. The number of nitrogens with one attached hydrogen (secondary N) is 1. The first-order valence-corrected chi connectivity index (χ1v) is 7.95. The van der Waals surface area contributed by atoms with E-state index in [0.717, 1.165) is 5.56 Å². The summed E-state index contributed by atoms with van der Waals surface area (Å²) in [4.78, 5) is 0. The predicted molar refractivity (Wildman–Crippen MR) is 71.7 cm³/mol. The van der Waals surface area contributed by atoms with Crippen molar-refractivity contribution in [3.63, 3.8) is 0 Å². The Labute approximate surface area is 112 Å². The van der Waals surface area contributed by atoms with E-state index in [4.69, 9.17) is 11.6 Å². The molecule has 0 aromatic heterocycles. The van der Waals surface area contributed by atoms with Crippen LogP contribution in [0.1, 0.15) is 31.4 Å². The number of rotatable bonds is 7. The standard InChI is InChI=1S/C12H17ClFNO2S/c1-10(11-4-6-12(14)7-5-11)15-18(16,17)9-3-2-8-13/h4-7,10,15H,2-3,8-9H2,1H3. The van der Waals surface area contributed by atoms with Crippen molar-refractivity contribution in [2.24, 2.45) is 0 Å². The van der Waals surface area contributed by atoms with E-state index in [1.54, 1.807) is 19.1 Å². The van der Waals surface area contributed by atoms with Crippen molar-refractivity contribution in [1.82, 2.24) is 4.72 Å². The molecule has 0 saturated carbocycles. The molecule has 1 unspecified atom stereocenters. The molecule has 0 bridgehead atoms. The molecule has 18 heavy (non-hydrogen) atoms. The van der Waals surface area contributed by atoms with Gasteiger partial charge in [0.15, 0.2) is 0 Å². The molecule has 0 heterocycles. The molecule has 0 aliphatic carbocycles. The Bertz CT molecular complexity index is 461. The van der Waals surface area contributed by atoms with Crippen LogP contribution >= 0.6 is 11.6 Å². The summed E-state index contributed by atoms with van der Waals surface area (Å²) >= 11 is 5.50. The molecule has 1 aromatic carbocycles. The average molecular weight is 294 g/mol. The van der Waals surface area contributed by atoms with E-state index in [0.29, 0.717) is 18.7 Å². The summed E-state index contributed by atoms with van der Waals surface area (Å²) in [7, 11) is -3.31. The van der Waals surface area contributed by atoms with Gasteiger partial charge in [0.1, 0.15) is 5.82 Å². The van der Waals surface area contributed by atoms with E-state index < -0.39 is 10.0 Å². The van der Waals surface area contributed by atoms with Crippen LogP contribution in [-0.4, -0.2) is 20.1 Å². The molecule has 102 valence electrons. The Morgan fingerprint density at radius 3 is 2.44 bits per heavy atom. The van der Waals surface area contributed by atoms with E-state index in [-0.39, 0.29) is 17.6 Å². The van der Waals surface area contributed by atoms with Gasteiger partial charge in [-0.2, -0.15) is 0 Å². The number of benzene rings is 1. The number of hydrogen-bond donors (Lipinski definition) is 1. The predicted octanol–water partition coefficient (Wildman–Crippen LogP) is 2.83. The van der Waals surface area contributed by atoms with Crippen molar-refractivity contribution in [3.8, 4) is 0 Å². The van der Waals surface area contributed by atoms with E-state index in [1.807, 2.05) is 0 Å². The third kappa shape index (κ3) is 5.33. The van der Waals surface area contributed by atoms with Gasteiger partial charge in [0.05, 0.1) is 5.75 Å². The zero-order chi connectivity index (χ0) is 13.6. The lowest BCUT2D eigenvalue weighted by Crippen LogP contribution is -2.29. The number of hydrogen-bond acceptors (Lipinski definition) is 2. The van der Waals surface area contributed by atoms with Gasteiger partial charge in [-0.25, -0.2) is 17.5 Å². The number of alkyl halides is 1. The topological polar surface area (TPSA) is 46.2 Å². The van der Waals surface area contributed by atoms with Crippen LogP contribution in [0.25, 0.3) is 0 Å². The van der Waals surface area contributed by atoms with Gasteiger partial charge in [-0.1, -0.05) is 12.1 Å². The number of sulfonamides is 1. The van der Waals surface area contributed by atoms with Gasteiger partial charge >= 0.3 is 0 Å². The average Bonchev–Trinajstić information content (AvgIpc) is 2.29. The second-order valence-corrected chi connectivity index (χ2v) is 6.36. The van der Waals surface area contributed by atoms with Crippen LogP contribution in [0.3, 0.4) is 0 Å². The van der Waals surface area contributed by atoms with Gasteiger partial charge < -0.3 is 0 Å². The minimum atomic E-state index is -3.31. The van der Waals surface area contributed by atoms with Gasteiger partial charge in [0.25, 0.3) is 0 Å². The molecule has 3 nitrogen and oxygen atoms in total. The second kappa shape index (κ2) is 7.07. The van der Waals surface area contributed by atoms with Gasteiger partial charge in [0, 0.05) is 11.9 Å². The fourth-order valence-electron chi connectivity index (χ4n) is 1.53. The van der Waals surface area contributed by atoms with Crippen LogP contribution in [-0.2, 0) is 10.0 Å². The maximum atomic E-state index is 12.7. The fraction of sp³-hybridized carbons (Fsp3) is 0.500. The fourth-order valence-corrected chi connectivity index (χ4v) is 3.10. The van der Waals surface area contributed by atoms with Crippen LogP contribution in [0.2, 0.25) is 0 Å². The molecule has 0 spiro atoms. The number of halogens is 2. The van der Waals surface area contributed by atoms with Crippen LogP contribution in [0.4, 0.5) is 4.39 Å². The summed E-state index contributed by atoms with van der Waals surface area (Å²) in [6.07, 6.45) is 1.21. The highest BCUT2D eigenvalue weighted by molar-refractivity contribution is 7.89. The monoisotopic (exact) mass is 293 g/mol. The third-order valence-corrected chi connectivity index (χ3v) is 4.33.